The zero-order valence-electron chi connectivity index (χ0n) is 12.4. The normalized spacial score (nSPS) is 15.5. The molecule has 0 fully saturated rings. The van der Waals surface area contributed by atoms with Crippen LogP contribution in [0.15, 0.2) is 0 Å². The molecule has 0 aromatic heterocycles. The summed E-state index contributed by atoms with van der Waals surface area (Å²) in [5.74, 6) is -15.5. The van der Waals surface area contributed by atoms with Gasteiger partial charge in [-0.15, -0.1) is 0 Å². The van der Waals surface area contributed by atoms with Crippen LogP contribution in [0.3, 0.4) is 0 Å². The van der Waals surface area contributed by atoms with Crippen LogP contribution < -0.4 is 23.7 Å². The molecule has 0 aromatic rings. The van der Waals surface area contributed by atoms with Crippen LogP contribution in [-0.2, 0) is 24.4 Å². The van der Waals surface area contributed by atoms with Gasteiger partial charge in [-0.1, -0.05) is 4.89 Å². The van der Waals surface area contributed by atoms with Gasteiger partial charge in [-0.05, 0) is 0 Å². The fourth-order valence-electron chi connectivity index (χ4n) is 0.719. The summed E-state index contributed by atoms with van der Waals surface area (Å²) in [7, 11) is -14.7. The van der Waals surface area contributed by atoms with E-state index in [4.69, 9.17) is 0 Å². The van der Waals surface area contributed by atoms with E-state index in [0.29, 0.717) is 0 Å². The van der Waals surface area contributed by atoms with Gasteiger partial charge in [0.2, 0.25) is 0 Å². The molecule has 0 radical (unpaired) electrons. The van der Waals surface area contributed by atoms with E-state index >= 15 is 0 Å². The third-order valence-electron chi connectivity index (χ3n) is 1.99. The molecule has 0 amide bonds. The molecule has 0 heterocycles. The Balaban J connectivity index is -0.00000288. The van der Waals surface area contributed by atoms with Crippen molar-refractivity contribution in [2.75, 3.05) is 0 Å². The number of alkyl halides is 12. The molecule has 6 nitrogen and oxygen atoms in total. The monoisotopic (exact) mass is 455 g/mol. The minimum Gasteiger partial charge on any atom is -1.00 e. The first-order chi connectivity index (χ1) is 10.5. The van der Waals surface area contributed by atoms with Gasteiger partial charge < -0.3 is 1.43 Å². The van der Waals surface area contributed by atoms with Crippen molar-refractivity contribution >= 4 is 20.1 Å². The Bertz CT molecular complexity index is 715. The number of nitrogens with one attached hydrogen (secondary N) is 1. The third-order valence-corrected chi connectivity index (χ3v) is 4.20. The standard InChI is InChI=1S/C5HF12NO5S2.Li.H/c6-1(7,3(10,11)12)2(8,9)4(13,14)24(19,20)18-23-25(21,22)5(15,16)17;;/h18H;;/q;+1;-1. The number of hydrogen-bond donors (Lipinski definition) is 1. The molecule has 1 N–H and O–H groups in total. The summed E-state index contributed by atoms with van der Waals surface area (Å²) < 4.78 is 190. The Morgan fingerprint density at radius 2 is 1.04 bits per heavy atom. The van der Waals surface area contributed by atoms with Crippen LogP contribution in [0.4, 0.5) is 52.7 Å². The van der Waals surface area contributed by atoms with E-state index in [2.05, 4.69) is 4.28 Å². The Morgan fingerprint density at radius 3 is 1.31 bits per heavy atom. The van der Waals surface area contributed by atoms with E-state index in [0.717, 1.165) is 0 Å². The van der Waals surface area contributed by atoms with Crippen molar-refractivity contribution in [3.8, 4) is 0 Å². The van der Waals surface area contributed by atoms with Crippen LogP contribution in [0.5, 0.6) is 0 Å². The Hall–Kier alpha value is -0.423. The second-order valence-corrected chi connectivity index (χ2v) is 6.96. The average molecular weight is 455 g/mol. The maximum Gasteiger partial charge on any atom is 1.00 e. The van der Waals surface area contributed by atoms with E-state index in [1.165, 1.54) is 0 Å². The van der Waals surface area contributed by atoms with Crippen molar-refractivity contribution in [2.24, 2.45) is 0 Å². The van der Waals surface area contributed by atoms with Crippen LogP contribution in [0.1, 0.15) is 1.43 Å². The quantitative estimate of drug-likeness (QED) is 0.246. The minimum atomic E-state index is -7.78. The van der Waals surface area contributed by atoms with Gasteiger partial charge in [0.1, 0.15) is 0 Å². The average Bonchev–Trinajstić information content (AvgIpc) is 2.33. The Morgan fingerprint density at radius 1 is 0.692 bits per heavy atom. The molecular weight excluding hydrogens is 453 g/mol. The molecule has 0 atom stereocenters. The second-order valence-electron chi connectivity index (χ2n) is 3.73. The van der Waals surface area contributed by atoms with Gasteiger partial charge in [-0.2, -0.15) is 65.4 Å². The van der Waals surface area contributed by atoms with Gasteiger partial charge in [-0.3, -0.25) is 0 Å². The summed E-state index contributed by atoms with van der Waals surface area (Å²) in [5, 5.41) is -7.47. The summed E-state index contributed by atoms with van der Waals surface area (Å²) in [6.45, 7) is 0. The topological polar surface area (TPSA) is 89.5 Å². The molecule has 0 rings (SSSR count). The van der Waals surface area contributed by atoms with E-state index in [-0.39, 0.29) is 20.3 Å². The van der Waals surface area contributed by atoms with Crippen molar-refractivity contribution < 1.29 is 94.1 Å². The molecule has 0 spiro atoms. The third kappa shape index (κ3) is 4.52. The molecule has 0 aromatic carbocycles. The smallest absolute Gasteiger partial charge is 1.00 e. The van der Waals surface area contributed by atoms with Crippen LogP contribution in [0.25, 0.3) is 0 Å². The van der Waals surface area contributed by atoms with E-state index < -0.39 is 53.8 Å². The van der Waals surface area contributed by atoms with E-state index in [1.54, 1.807) is 0 Å². The number of sulfonamides is 1. The molecule has 0 unspecified atom stereocenters. The molecular formula is C5H2F12LiNO5S2. The van der Waals surface area contributed by atoms with Gasteiger partial charge in [-0.25, -0.2) is 8.42 Å². The zero-order chi connectivity index (χ0) is 20.9. The fourth-order valence-corrected chi connectivity index (χ4v) is 2.10. The van der Waals surface area contributed by atoms with Crippen LogP contribution in [0.2, 0.25) is 0 Å². The van der Waals surface area contributed by atoms with Crippen molar-refractivity contribution in [1.82, 2.24) is 4.89 Å². The van der Waals surface area contributed by atoms with Gasteiger partial charge in [0.05, 0.1) is 0 Å². The number of rotatable bonds is 6. The molecule has 154 valence electrons. The van der Waals surface area contributed by atoms with E-state index in [1.807, 2.05) is 0 Å². The largest absolute Gasteiger partial charge is 1.00 e. The first-order valence-electron chi connectivity index (χ1n) is 4.67. The number of hydrogen-bond acceptors (Lipinski definition) is 5. The molecule has 0 saturated heterocycles. The Labute approximate surface area is 148 Å². The minimum absolute atomic E-state index is 0. The molecule has 0 aliphatic rings. The fraction of sp³-hybridized carbons (Fsp3) is 1.00. The second kappa shape index (κ2) is 7.19. The zero-order valence-corrected chi connectivity index (χ0v) is 13.0. The molecule has 0 aliphatic carbocycles. The first kappa shape index (κ1) is 27.8. The summed E-state index contributed by atoms with van der Waals surface area (Å²) in [6.07, 6.45) is -7.42. The summed E-state index contributed by atoms with van der Waals surface area (Å²) in [5.41, 5.74) is -6.50. The predicted octanol–water partition coefficient (Wildman–Crippen LogP) is -0.771. The van der Waals surface area contributed by atoms with Crippen molar-refractivity contribution in [3.05, 3.63) is 0 Å². The summed E-state index contributed by atoms with van der Waals surface area (Å²) in [6, 6.07) is 0. The van der Waals surface area contributed by atoms with Gasteiger partial charge in [0, 0.05) is 0 Å². The molecule has 0 aliphatic heterocycles. The molecule has 26 heavy (non-hydrogen) atoms. The maximum absolute atomic E-state index is 12.9. The van der Waals surface area contributed by atoms with Crippen molar-refractivity contribution in [3.63, 3.8) is 0 Å². The molecule has 0 bridgehead atoms. The van der Waals surface area contributed by atoms with E-state index in [9.17, 15) is 69.5 Å². The Kier molecular flexibility index (Phi) is 7.69. The van der Waals surface area contributed by atoms with Crippen LogP contribution in [-0.4, -0.2) is 45.6 Å². The summed E-state index contributed by atoms with van der Waals surface area (Å²) >= 11 is 0. The van der Waals surface area contributed by atoms with Crippen molar-refractivity contribution in [2.45, 2.75) is 28.8 Å². The van der Waals surface area contributed by atoms with Gasteiger partial charge in [0.15, 0.2) is 0 Å². The van der Waals surface area contributed by atoms with Crippen LogP contribution in [0, 0.1) is 0 Å². The summed E-state index contributed by atoms with van der Waals surface area (Å²) in [4.78, 5) is -0.791. The molecule has 21 heteroatoms. The van der Waals surface area contributed by atoms with Gasteiger partial charge >= 0.3 is 67.8 Å². The van der Waals surface area contributed by atoms with Crippen molar-refractivity contribution in [1.29, 1.82) is 0 Å². The number of halogens is 12. The van der Waals surface area contributed by atoms with Crippen LogP contribution >= 0.6 is 0 Å². The first-order valence-corrected chi connectivity index (χ1v) is 7.56. The maximum atomic E-state index is 12.9. The predicted molar refractivity (Wildman–Crippen MR) is 50.1 cm³/mol. The molecule has 0 saturated carbocycles. The van der Waals surface area contributed by atoms with Gasteiger partial charge in [0.25, 0.3) is 0 Å². The SMILES string of the molecule is O=S(=O)(NOS(=O)(=O)C(F)(F)F)C(F)(F)C(F)(F)C(F)(F)C(F)(F)F.[H-].[Li+].